The van der Waals surface area contributed by atoms with Gasteiger partial charge in [-0.2, -0.15) is 4.68 Å². The second kappa shape index (κ2) is 7.05. The van der Waals surface area contributed by atoms with E-state index in [0.29, 0.717) is 24.5 Å². The van der Waals surface area contributed by atoms with E-state index in [1.165, 1.54) is 0 Å². The van der Waals surface area contributed by atoms with Crippen LogP contribution in [0.5, 0.6) is 0 Å². The second-order valence-electron chi connectivity index (χ2n) is 7.14. The lowest BCUT2D eigenvalue weighted by atomic mass is 9.89. The summed E-state index contributed by atoms with van der Waals surface area (Å²) >= 11 is 0. The van der Waals surface area contributed by atoms with Gasteiger partial charge in [-0.3, -0.25) is 0 Å². The van der Waals surface area contributed by atoms with E-state index < -0.39 is 5.60 Å². The van der Waals surface area contributed by atoms with E-state index >= 15 is 0 Å². The van der Waals surface area contributed by atoms with Gasteiger partial charge in [-0.05, 0) is 60.0 Å². The maximum Gasteiger partial charge on any atom is 0.321 e. The molecule has 1 aromatic heterocycles. The number of carbonyl (C=O) groups is 1. The van der Waals surface area contributed by atoms with Crippen LogP contribution in [0, 0.1) is 13.8 Å². The van der Waals surface area contributed by atoms with Gasteiger partial charge in [0.2, 0.25) is 0 Å². The molecule has 2 aromatic carbocycles. The molecule has 8 nitrogen and oxygen atoms in total. The number of anilines is 1. The monoisotopic (exact) mass is 378 g/mol. The third kappa shape index (κ3) is 3.34. The van der Waals surface area contributed by atoms with Crippen molar-refractivity contribution in [3.63, 3.8) is 0 Å². The molecule has 2 N–H and O–H groups in total. The number of nitrogens with zero attached hydrogens (tertiary/aromatic N) is 5. The zero-order chi connectivity index (χ0) is 19.7. The predicted molar refractivity (Wildman–Crippen MR) is 104 cm³/mol. The van der Waals surface area contributed by atoms with Crippen molar-refractivity contribution >= 4 is 11.7 Å². The number of aryl methyl sites for hydroxylation is 2. The van der Waals surface area contributed by atoms with Gasteiger partial charge in [-0.1, -0.05) is 30.3 Å². The van der Waals surface area contributed by atoms with Crippen molar-refractivity contribution in [1.82, 2.24) is 25.1 Å². The number of urea groups is 1. The fourth-order valence-corrected chi connectivity index (χ4v) is 3.67. The van der Waals surface area contributed by atoms with Crippen LogP contribution < -0.4 is 5.32 Å². The van der Waals surface area contributed by atoms with Crippen LogP contribution in [0.25, 0.3) is 5.69 Å². The number of likely N-dealkylation sites (tertiary alicyclic amines) is 1. The maximum atomic E-state index is 12.7. The summed E-state index contributed by atoms with van der Waals surface area (Å²) in [5.41, 5.74) is 2.29. The van der Waals surface area contributed by atoms with Gasteiger partial charge in [0.05, 0.1) is 12.2 Å². The Morgan fingerprint density at radius 2 is 2.00 bits per heavy atom. The molecule has 0 bridgehead atoms. The molecule has 1 saturated heterocycles. The molecule has 2 amide bonds. The molecule has 1 aliphatic heterocycles. The molecule has 0 radical (unpaired) electrons. The molecule has 3 aromatic rings. The Morgan fingerprint density at radius 1 is 1.18 bits per heavy atom. The standard InChI is InChI=1S/C20H22N6O2/c1-14-6-3-4-9-18(14)20(28)10-11-25(13-20)19(27)21-16-7-5-8-17(12-16)26-15(2)22-23-24-26/h3-9,12,28H,10-11,13H2,1-2H3,(H,21,27)/t20-/m0/s1. The Balaban J connectivity index is 1.48. The zero-order valence-corrected chi connectivity index (χ0v) is 15.8. The minimum absolute atomic E-state index is 0.241. The van der Waals surface area contributed by atoms with Crippen LogP contribution >= 0.6 is 0 Å². The average molecular weight is 378 g/mol. The Morgan fingerprint density at radius 3 is 2.75 bits per heavy atom. The highest BCUT2D eigenvalue weighted by molar-refractivity contribution is 5.90. The van der Waals surface area contributed by atoms with Crippen LogP contribution in [-0.4, -0.2) is 49.3 Å². The van der Waals surface area contributed by atoms with Crippen molar-refractivity contribution < 1.29 is 9.90 Å². The lowest BCUT2D eigenvalue weighted by Gasteiger charge is -2.25. The molecule has 0 saturated carbocycles. The molecular formula is C20H22N6O2. The van der Waals surface area contributed by atoms with Crippen LogP contribution in [0.2, 0.25) is 0 Å². The first kappa shape index (κ1) is 18.1. The van der Waals surface area contributed by atoms with Crippen molar-refractivity contribution in [1.29, 1.82) is 0 Å². The Hall–Kier alpha value is -3.26. The van der Waals surface area contributed by atoms with Crippen LogP contribution in [-0.2, 0) is 5.60 Å². The summed E-state index contributed by atoms with van der Waals surface area (Å²) < 4.78 is 1.60. The fraction of sp³-hybridized carbons (Fsp3) is 0.300. The van der Waals surface area contributed by atoms with Crippen molar-refractivity contribution in [3.05, 3.63) is 65.5 Å². The lowest BCUT2D eigenvalue weighted by Crippen LogP contribution is -2.37. The molecule has 8 heteroatoms. The van der Waals surface area contributed by atoms with Gasteiger partial charge in [0.1, 0.15) is 5.60 Å². The number of hydrogen-bond donors (Lipinski definition) is 2. The summed E-state index contributed by atoms with van der Waals surface area (Å²) in [7, 11) is 0. The molecule has 0 spiro atoms. The Bertz CT molecular complexity index is 1020. The van der Waals surface area contributed by atoms with Gasteiger partial charge in [-0.25, -0.2) is 4.79 Å². The lowest BCUT2D eigenvalue weighted by molar-refractivity contribution is 0.0494. The second-order valence-corrected chi connectivity index (χ2v) is 7.14. The van der Waals surface area contributed by atoms with Gasteiger partial charge in [0.25, 0.3) is 0 Å². The molecule has 1 fully saturated rings. The van der Waals surface area contributed by atoms with E-state index in [9.17, 15) is 9.90 Å². The van der Waals surface area contributed by atoms with Crippen molar-refractivity contribution in [2.75, 3.05) is 18.4 Å². The Labute approximate surface area is 162 Å². The molecule has 144 valence electrons. The molecule has 0 aliphatic carbocycles. The summed E-state index contributed by atoms with van der Waals surface area (Å²) in [5, 5.41) is 25.4. The van der Waals surface area contributed by atoms with Crippen molar-refractivity contribution in [3.8, 4) is 5.69 Å². The fourth-order valence-electron chi connectivity index (χ4n) is 3.67. The van der Waals surface area contributed by atoms with Crippen molar-refractivity contribution in [2.24, 2.45) is 0 Å². The number of rotatable bonds is 3. The van der Waals surface area contributed by atoms with E-state index in [0.717, 1.165) is 16.8 Å². The first-order valence-electron chi connectivity index (χ1n) is 9.16. The van der Waals surface area contributed by atoms with Gasteiger partial charge in [0, 0.05) is 12.2 Å². The summed E-state index contributed by atoms with van der Waals surface area (Å²) in [4.78, 5) is 14.4. The number of amides is 2. The summed E-state index contributed by atoms with van der Waals surface area (Å²) in [6, 6.07) is 14.8. The summed E-state index contributed by atoms with van der Waals surface area (Å²) in [6.07, 6.45) is 0.509. The van der Waals surface area contributed by atoms with Gasteiger partial charge < -0.3 is 15.3 Å². The quantitative estimate of drug-likeness (QED) is 0.730. The van der Waals surface area contributed by atoms with Gasteiger partial charge in [-0.15, -0.1) is 5.10 Å². The molecule has 0 unspecified atom stereocenters. The smallest absolute Gasteiger partial charge is 0.321 e. The van der Waals surface area contributed by atoms with E-state index in [4.69, 9.17) is 0 Å². The van der Waals surface area contributed by atoms with Crippen LogP contribution in [0.1, 0.15) is 23.4 Å². The molecule has 1 aliphatic rings. The number of benzene rings is 2. The van der Waals surface area contributed by atoms with E-state index in [1.807, 2.05) is 62.4 Å². The van der Waals surface area contributed by atoms with Gasteiger partial charge >= 0.3 is 6.03 Å². The minimum Gasteiger partial charge on any atom is -0.383 e. The maximum absolute atomic E-state index is 12.7. The molecule has 2 heterocycles. The summed E-state index contributed by atoms with van der Waals surface area (Å²) in [5.74, 6) is 0.659. The highest BCUT2D eigenvalue weighted by atomic mass is 16.3. The highest BCUT2D eigenvalue weighted by Gasteiger charge is 2.40. The third-order valence-electron chi connectivity index (χ3n) is 5.15. The topological polar surface area (TPSA) is 96.2 Å². The minimum atomic E-state index is -1.02. The van der Waals surface area contributed by atoms with Crippen LogP contribution in [0.3, 0.4) is 0 Å². The number of aliphatic hydroxyl groups is 1. The SMILES string of the molecule is Cc1ccccc1[C@]1(O)CCN(C(=O)Nc2cccc(-n3nnnc3C)c2)C1. The summed E-state index contributed by atoms with van der Waals surface area (Å²) in [6.45, 7) is 4.53. The van der Waals surface area contributed by atoms with Crippen molar-refractivity contribution in [2.45, 2.75) is 25.9 Å². The molecule has 1 atom stereocenters. The van der Waals surface area contributed by atoms with E-state index in [1.54, 1.807) is 9.58 Å². The zero-order valence-electron chi connectivity index (χ0n) is 15.8. The predicted octanol–water partition coefficient (Wildman–Crippen LogP) is 2.40. The molecule has 4 rings (SSSR count). The number of hydrogen-bond acceptors (Lipinski definition) is 5. The third-order valence-corrected chi connectivity index (χ3v) is 5.15. The number of tetrazole rings is 1. The van der Waals surface area contributed by atoms with Crippen LogP contribution in [0.15, 0.2) is 48.5 Å². The number of aromatic nitrogens is 4. The number of carbonyl (C=O) groups excluding carboxylic acids is 1. The van der Waals surface area contributed by atoms with E-state index in [2.05, 4.69) is 20.8 Å². The first-order chi connectivity index (χ1) is 13.5. The molecule has 28 heavy (non-hydrogen) atoms. The largest absolute Gasteiger partial charge is 0.383 e. The first-order valence-corrected chi connectivity index (χ1v) is 9.16. The average Bonchev–Trinajstić information content (AvgIpc) is 3.29. The molecular weight excluding hydrogens is 356 g/mol. The highest BCUT2D eigenvalue weighted by Crippen LogP contribution is 2.34. The van der Waals surface area contributed by atoms with Crippen LogP contribution in [0.4, 0.5) is 10.5 Å². The van der Waals surface area contributed by atoms with Gasteiger partial charge in [0.15, 0.2) is 5.82 Å². The van der Waals surface area contributed by atoms with E-state index in [-0.39, 0.29) is 12.6 Å². The Kier molecular flexibility index (Phi) is 4.56. The number of nitrogens with one attached hydrogen (secondary N) is 1. The number of β-amino-alcohol motifs (C(OH)–C–C–N with tert-alkyl or cyclic N) is 1. The normalized spacial score (nSPS) is 19.0.